The third-order valence-electron chi connectivity index (χ3n) is 4.10. The van der Waals surface area contributed by atoms with Gasteiger partial charge < -0.3 is 18.8 Å². The molecule has 2 aliphatic heterocycles. The molecule has 0 aliphatic carbocycles. The van der Waals surface area contributed by atoms with Crippen molar-refractivity contribution in [3.8, 4) is 0 Å². The zero-order valence-electron chi connectivity index (χ0n) is 12.5. The predicted molar refractivity (Wildman–Crippen MR) is 72.4 cm³/mol. The summed E-state index contributed by atoms with van der Waals surface area (Å²) >= 11 is 0. The van der Waals surface area contributed by atoms with E-state index in [1.807, 2.05) is 11.8 Å². The van der Waals surface area contributed by atoms with Gasteiger partial charge in [-0.2, -0.15) is 0 Å². The van der Waals surface area contributed by atoms with Crippen LogP contribution < -0.4 is 0 Å². The van der Waals surface area contributed by atoms with E-state index in [2.05, 4.69) is 10.2 Å². The fourth-order valence-electron chi connectivity index (χ4n) is 2.78. The molecule has 0 aromatic carbocycles. The monoisotopic (exact) mass is 295 g/mol. The lowest BCUT2D eigenvalue weighted by molar-refractivity contribution is -0.163. The molecule has 1 aromatic rings. The Morgan fingerprint density at radius 2 is 2.29 bits per heavy atom. The van der Waals surface area contributed by atoms with Crippen molar-refractivity contribution >= 4 is 5.91 Å². The molecule has 0 radical (unpaired) electrons. The second-order valence-corrected chi connectivity index (χ2v) is 6.07. The van der Waals surface area contributed by atoms with Crippen LogP contribution in [0.5, 0.6) is 0 Å². The maximum atomic E-state index is 12.5. The maximum Gasteiger partial charge on any atom is 0.242 e. The number of likely N-dealkylation sites (tertiary alicyclic amines) is 1. The molecule has 3 heterocycles. The van der Waals surface area contributed by atoms with Crippen LogP contribution in [0.4, 0.5) is 0 Å². The van der Waals surface area contributed by atoms with E-state index in [9.17, 15) is 4.79 Å². The Labute approximate surface area is 123 Å². The average molecular weight is 295 g/mol. The van der Waals surface area contributed by atoms with Crippen molar-refractivity contribution in [2.75, 3.05) is 26.3 Å². The van der Waals surface area contributed by atoms with Gasteiger partial charge in [-0.25, -0.2) is 0 Å². The maximum absolute atomic E-state index is 12.5. The molecule has 0 bridgehead atoms. The van der Waals surface area contributed by atoms with Crippen molar-refractivity contribution in [1.29, 1.82) is 0 Å². The fourth-order valence-corrected chi connectivity index (χ4v) is 2.78. The van der Waals surface area contributed by atoms with Gasteiger partial charge in [0, 0.05) is 26.6 Å². The van der Waals surface area contributed by atoms with Crippen molar-refractivity contribution in [2.24, 2.45) is 5.41 Å². The van der Waals surface area contributed by atoms with Crippen LogP contribution >= 0.6 is 0 Å². The Bertz CT molecular complexity index is 504. The van der Waals surface area contributed by atoms with E-state index in [1.54, 1.807) is 6.92 Å². The van der Waals surface area contributed by atoms with Gasteiger partial charge in [0.2, 0.25) is 17.7 Å². The van der Waals surface area contributed by atoms with Crippen LogP contribution in [0.15, 0.2) is 4.42 Å². The minimum absolute atomic E-state index is 0.0502. The summed E-state index contributed by atoms with van der Waals surface area (Å²) in [6.45, 7) is 6.57. The SMILES string of the molecule is Cc1nnc(COC2CN(C(=O)C3(C)CCCOC3)C2)o1. The first-order valence-electron chi connectivity index (χ1n) is 7.34. The number of ether oxygens (including phenoxy) is 2. The summed E-state index contributed by atoms with van der Waals surface area (Å²) < 4.78 is 16.4. The van der Waals surface area contributed by atoms with Gasteiger partial charge in [0.25, 0.3) is 0 Å². The number of aryl methyl sites for hydroxylation is 1. The molecule has 3 rings (SSSR count). The molecular formula is C14H21N3O4. The lowest BCUT2D eigenvalue weighted by atomic mass is 9.82. The van der Waals surface area contributed by atoms with E-state index >= 15 is 0 Å². The Morgan fingerprint density at radius 3 is 2.90 bits per heavy atom. The molecule has 2 fully saturated rings. The highest BCUT2D eigenvalue weighted by molar-refractivity contribution is 5.83. The van der Waals surface area contributed by atoms with Gasteiger partial charge in [-0.15, -0.1) is 10.2 Å². The van der Waals surface area contributed by atoms with Crippen LogP contribution in [0.25, 0.3) is 0 Å². The van der Waals surface area contributed by atoms with E-state index in [-0.39, 0.29) is 17.4 Å². The molecule has 7 heteroatoms. The molecule has 21 heavy (non-hydrogen) atoms. The third kappa shape index (κ3) is 3.08. The van der Waals surface area contributed by atoms with Crippen LogP contribution in [0.3, 0.4) is 0 Å². The largest absolute Gasteiger partial charge is 0.423 e. The van der Waals surface area contributed by atoms with E-state index in [0.29, 0.717) is 38.1 Å². The molecule has 0 spiro atoms. The van der Waals surface area contributed by atoms with Crippen LogP contribution in [-0.4, -0.2) is 53.4 Å². The van der Waals surface area contributed by atoms with Gasteiger partial charge in [0.15, 0.2) is 0 Å². The number of hydrogen-bond acceptors (Lipinski definition) is 6. The van der Waals surface area contributed by atoms with Crippen LogP contribution in [-0.2, 0) is 20.9 Å². The number of amides is 1. The molecule has 2 saturated heterocycles. The molecule has 0 N–H and O–H groups in total. The minimum Gasteiger partial charge on any atom is -0.423 e. The Balaban J connectivity index is 1.43. The zero-order chi connectivity index (χ0) is 14.9. The molecule has 2 aliphatic rings. The fraction of sp³-hybridized carbons (Fsp3) is 0.786. The van der Waals surface area contributed by atoms with Gasteiger partial charge in [-0.1, -0.05) is 0 Å². The lowest BCUT2D eigenvalue weighted by Crippen LogP contribution is -2.59. The Morgan fingerprint density at radius 1 is 1.48 bits per heavy atom. The lowest BCUT2D eigenvalue weighted by Gasteiger charge is -2.44. The smallest absolute Gasteiger partial charge is 0.242 e. The average Bonchev–Trinajstić information content (AvgIpc) is 2.83. The van der Waals surface area contributed by atoms with Crippen LogP contribution in [0.1, 0.15) is 31.5 Å². The topological polar surface area (TPSA) is 77.7 Å². The van der Waals surface area contributed by atoms with E-state index < -0.39 is 0 Å². The van der Waals surface area contributed by atoms with Crippen molar-refractivity contribution < 1.29 is 18.7 Å². The number of aromatic nitrogens is 2. The number of carbonyl (C=O) groups excluding carboxylic acids is 1. The Kier molecular flexibility index (Phi) is 3.95. The number of hydrogen-bond donors (Lipinski definition) is 0. The molecule has 1 amide bonds. The summed E-state index contributed by atoms with van der Waals surface area (Å²) in [6.07, 6.45) is 1.90. The first-order valence-corrected chi connectivity index (χ1v) is 7.34. The molecule has 1 aromatic heterocycles. The molecule has 1 unspecified atom stereocenters. The molecular weight excluding hydrogens is 274 g/mol. The number of rotatable bonds is 4. The van der Waals surface area contributed by atoms with E-state index in [4.69, 9.17) is 13.9 Å². The highest BCUT2D eigenvalue weighted by Crippen LogP contribution is 2.32. The van der Waals surface area contributed by atoms with Crippen LogP contribution in [0, 0.1) is 12.3 Å². The van der Waals surface area contributed by atoms with Crippen molar-refractivity contribution in [2.45, 2.75) is 39.4 Å². The Hall–Kier alpha value is -1.47. The second-order valence-electron chi connectivity index (χ2n) is 6.07. The molecule has 1 atom stereocenters. The highest BCUT2D eigenvalue weighted by Gasteiger charge is 2.43. The van der Waals surface area contributed by atoms with Gasteiger partial charge >= 0.3 is 0 Å². The van der Waals surface area contributed by atoms with E-state index in [1.165, 1.54) is 0 Å². The molecule has 0 saturated carbocycles. The summed E-state index contributed by atoms with van der Waals surface area (Å²) in [5.74, 6) is 1.19. The van der Waals surface area contributed by atoms with Gasteiger partial charge in [0.05, 0.1) is 18.1 Å². The van der Waals surface area contributed by atoms with Crippen LogP contribution in [0.2, 0.25) is 0 Å². The number of nitrogens with zero attached hydrogens (tertiary/aromatic N) is 3. The predicted octanol–water partition coefficient (Wildman–Crippen LogP) is 0.922. The second kappa shape index (κ2) is 5.73. The van der Waals surface area contributed by atoms with Crippen molar-refractivity contribution in [3.63, 3.8) is 0 Å². The van der Waals surface area contributed by atoms with Crippen molar-refractivity contribution in [1.82, 2.24) is 15.1 Å². The van der Waals surface area contributed by atoms with Gasteiger partial charge in [-0.3, -0.25) is 4.79 Å². The molecule has 7 nitrogen and oxygen atoms in total. The zero-order valence-corrected chi connectivity index (χ0v) is 12.5. The minimum atomic E-state index is -0.368. The normalized spacial score (nSPS) is 26.7. The quantitative estimate of drug-likeness (QED) is 0.822. The van der Waals surface area contributed by atoms with Gasteiger partial charge in [-0.05, 0) is 19.8 Å². The third-order valence-corrected chi connectivity index (χ3v) is 4.10. The summed E-state index contributed by atoms with van der Waals surface area (Å²) in [6, 6.07) is 0. The molecule has 116 valence electrons. The van der Waals surface area contributed by atoms with E-state index in [0.717, 1.165) is 19.4 Å². The summed E-state index contributed by atoms with van der Waals surface area (Å²) in [7, 11) is 0. The first-order chi connectivity index (χ1) is 10.1. The summed E-state index contributed by atoms with van der Waals surface area (Å²) in [5.41, 5.74) is -0.368. The van der Waals surface area contributed by atoms with Gasteiger partial charge in [0.1, 0.15) is 6.61 Å². The summed E-state index contributed by atoms with van der Waals surface area (Å²) in [5, 5.41) is 7.62. The van der Waals surface area contributed by atoms with Crippen molar-refractivity contribution in [3.05, 3.63) is 11.8 Å². The summed E-state index contributed by atoms with van der Waals surface area (Å²) in [4.78, 5) is 14.3. The first kappa shape index (κ1) is 14.5. The highest BCUT2D eigenvalue weighted by atomic mass is 16.5. The standard InChI is InChI=1S/C14H21N3O4/c1-10-15-16-12(21-10)8-20-11-6-17(7-11)13(18)14(2)4-3-5-19-9-14/h11H,3-9H2,1-2H3. The number of carbonyl (C=O) groups is 1.